The van der Waals surface area contributed by atoms with E-state index in [9.17, 15) is 18.0 Å². The number of aryl methyl sites for hydroxylation is 1. The number of anilines is 1. The second-order valence-electron chi connectivity index (χ2n) is 9.77. The van der Waals surface area contributed by atoms with Crippen molar-refractivity contribution in [3.8, 4) is 5.75 Å². The molecule has 0 saturated heterocycles. The molecule has 2 atom stereocenters. The smallest absolute Gasteiger partial charge is 0.264 e. The number of amides is 2. The third kappa shape index (κ3) is 8.15. The Morgan fingerprint density at radius 1 is 0.976 bits per heavy atom. The second kappa shape index (κ2) is 14.1. The summed E-state index contributed by atoms with van der Waals surface area (Å²) in [4.78, 5) is 28.5. The molecule has 3 aromatic rings. The number of sulfonamides is 1. The maximum Gasteiger partial charge on any atom is 0.264 e. The zero-order chi connectivity index (χ0) is 30.3. The van der Waals surface area contributed by atoms with Gasteiger partial charge in [0.1, 0.15) is 18.3 Å². The van der Waals surface area contributed by atoms with Crippen molar-refractivity contribution >= 4 is 50.7 Å². The first-order chi connectivity index (χ1) is 19.4. The number of methoxy groups -OCH3 is 1. The Hall–Kier alpha value is -3.27. The Kier molecular flexibility index (Phi) is 11.1. The molecule has 2 amide bonds. The molecule has 3 rings (SSSR count). The Morgan fingerprint density at radius 3 is 2.17 bits per heavy atom. The number of ether oxygens (including phenoxy) is 1. The summed E-state index contributed by atoms with van der Waals surface area (Å²) in [6.07, 6.45) is 0.704. The predicted molar refractivity (Wildman–Crippen MR) is 163 cm³/mol. The molecule has 0 aliphatic carbocycles. The number of benzene rings is 3. The normalized spacial score (nSPS) is 12.8. The van der Waals surface area contributed by atoms with Crippen molar-refractivity contribution in [3.63, 3.8) is 0 Å². The van der Waals surface area contributed by atoms with Crippen molar-refractivity contribution in [2.45, 2.75) is 57.6 Å². The summed E-state index contributed by atoms with van der Waals surface area (Å²) in [5.74, 6) is -0.424. The summed E-state index contributed by atoms with van der Waals surface area (Å²) in [7, 11) is -2.67. The molecular formula is C30H35Cl2N3O5S. The van der Waals surface area contributed by atoms with Crippen LogP contribution in [0.25, 0.3) is 0 Å². The maximum absolute atomic E-state index is 14.0. The predicted octanol–water partition coefficient (Wildman–Crippen LogP) is 5.84. The lowest BCUT2D eigenvalue weighted by atomic mass is 10.1. The Morgan fingerprint density at radius 2 is 1.61 bits per heavy atom. The van der Waals surface area contributed by atoms with Gasteiger partial charge in [0.2, 0.25) is 11.8 Å². The van der Waals surface area contributed by atoms with Crippen LogP contribution in [-0.2, 0) is 26.2 Å². The third-order valence-electron chi connectivity index (χ3n) is 6.77. The van der Waals surface area contributed by atoms with E-state index >= 15 is 0 Å². The van der Waals surface area contributed by atoms with Crippen LogP contribution < -0.4 is 14.4 Å². The van der Waals surface area contributed by atoms with Crippen LogP contribution in [0.15, 0.2) is 71.6 Å². The molecule has 8 nitrogen and oxygen atoms in total. The highest BCUT2D eigenvalue weighted by atomic mass is 35.5. The van der Waals surface area contributed by atoms with Gasteiger partial charge >= 0.3 is 0 Å². The molecular weight excluding hydrogens is 585 g/mol. The molecule has 0 heterocycles. The summed E-state index contributed by atoms with van der Waals surface area (Å²) >= 11 is 12.5. The zero-order valence-electron chi connectivity index (χ0n) is 23.7. The molecule has 0 bridgehead atoms. The lowest BCUT2D eigenvalue weighted by molar-refractivity contribution is -0.139. The van der Waals surface area contributed by atoms with Crippen molar-refractivity contribution < 1.29 is 22.7 Å². The van der Waals surface area contributed by atoms with E-state index in [1.165, 1.54) is 24.1 Å². The van der Waals surface area contributed by atoms with Crippen LogP contribution in [0.1, 0.15) is 38.3 Å². The van der Waals surface area contributed by atoms with Gasteiger partial charge in [0.15, 0.2) is 0 Å². The number of nitrogens with zero attached hydrogens (tertiary/aromatic N) is 2. The van der Waals surface area contributed by atoms with Crippen LogP contribution in [-0.4, -0.2) is 50.9 Å². The fourth-order valence-corrected chi connectivity index (χ4v) is 5.88. The van der Waals surface area contributed by atoms with Gasteiger partial charge in [-0.15, -0.1) is 0 Å². The lowest BCUT2D eigenvalue weighted by Crippen LogP contribution is -2.52. The molecule has 0 saturated carbocycles. The number of halogens is 2. The molecule has 0 aliphatic rings. The third-order valence-corrected chi connectivity index (χ3v) is 9.15. The van der Waals surface area contributed by atoms with Gasteiger partial charge in [-0.25, -0.2) is 8.42 Å². The monoisotopic (exact) mass is 619 g/mol. The molecule has 0 fully saturated rings. The van der Waals surface area contributed by atoms with Crippen LogP contribution >= 0.6 is 23.2 Å². The van der Waals surface area contributed by atoms with Gasteiger partial charge in [0.25, 0.3) is 10.0 Å². The highest BCUT2D eigenvalue weighted by molar-refractivity contribution is 7.92. The van der Waals surface area contributed by atoms with Crippen molar-refractivity contribution in [1.29, 1.82) is 0 Å². The van der Waals surface area contributed by atoms with E-state index in [-0.39, 0.29) is 29.1 Å². The molecule has 0 unspecified atom stereocenters. The van der Waals surface area contributed by atoms with Crippen molar-refractivity contribution in [2.24, 2.45) is 0 Å². The van der Waals surface area contributed by atoms with E-state index in [4.69, 9.17) is 27.9 Å². The first-order valence-corrected chi connectivity index (χ1v) is 15.3. The van der Waals surface area contributed by atoms with Crippen LogP contribution in [0.5, 0.6) is 5.75 Å². The molecule has 0 spiro atoms. The van der Waals surface area contributed by atoms with Gasteiger partial charge in [-0.2, -0.15) is 0 Å². The summed E-state index contributed by atoms with van der Waals surface area (Å²) < 4.78 is 34.1. The topological polar surface area (TPSA) is 96.0 Å². The number of hydrogen-bond acceptors (Lipinski definition) is 5. The number of rotatable bonds is 12. The van der Waals surface area contributed by atoms with Crippen molar-refractivity contribution in [1.82, 2.24) is 10.2 Å². The van der Waals surface area contributed by atoms with Gasteiger partial charge in [-0.05, 0) is 81.3 Å². The molecule has 0 radical (unpaired) electrons. The van der Waals surface area contributed by atoms with E-state index in [2.05, 4.69) is 5.32 Å². The van der Waals surface area contributed by atoms with Crippen molar-refractivity contribution in [2.75, 3.05) is 18.0 Å². The maximum atomic E-state index is 14.0. The number of nitrogens with one attached hydrogen (secondary N) is 1. The average molecular weight is 621 g/mol. The standard InChI is InChI=1S/C30H35Cl2N3O5S/c1-6-21(3)33-30(37)22(4)34(18-23-9-10-24(31)17-28(23)32)29(36)19-35(25-11-13-26(40-5)14-12-25)41(38,39)27-15-7-20(2)8-16-27/h7-17,21-22H,6,18-19H2,1-5H3,(H,33,37)/t21-,22+/m0/s1. The largest absolute Gasteiger partial charge is 0.497 e. The fourth-order valence-electron chi connectivity index (χ4n) is 4.00. The molecule has 1 N–H and O–H groups in total. The number of carbonyl (C=O) groups is 2. The van der Waals surface area contributed by atoms with E-state index in [0.29, 0.717) is 27.8 Å². The van der Waals surface area contributed by atoms with Crippen LogP contribution in [0, 0.1) is 6.92 Å². The Labute approximate surface area is 252 Å². The minimum atomic E-state index is -4.17. The highest BCUT2D eigenvalue weighted by Gasteiger charge is 2.33. The fraction of sp³-hybridized carbons (Fsp3) is 0.333. The summed E-state index contributed by atoms with van der Waals surface area (Å²) in [6, 6.07) is 16.6. The summed E-state index contributed by atoms with van der Waals surface area (Å²) in [6.45, 7) is 6.67. The quantitative estimate of drug-likeness (QED) is 0.275. The number of carbonyl (C=O) groups excluding carboxylic acids is 2. The van der Waals surface area contributed by atoms with Gasteiger partial charge < -0.3 is 15.0 Å². The molecule has 3 aromatic carbocycles. The number of hydrogen-bond donors (Lipinski definition) is 1. The van der Waals surface area contributed by atoms with E-state index < -0.39 is 28.5 Å². The van der Waals surface area contributed by atoms with Crippen LogP contribution in [0.3, 0.4) is 0 Å². The van der Waals surface area contributed by atoms with E-state index in [1.54, 1.807) is 61.5 Å². The molecule has 41 heavy (non-hydrogen) atoms. The zero-order valence-corrected chi connectivity index (χ0v) is 26.1. The minimum Gasteiger partial charge on any atom is -0.497 e. The molecule has 0 aromatic heterocycles. The highest BCUT2D eigenvalue weighted by Crippen LogP contribution is 2.28. The average Bonchev–Trinajstić information content (AvgIpc) is 2.95. The Bertz CT molecular complexity index is 1460. The molecule has 11 heteroatoms. The van der Waals surface area contributed by atoms with Gasteiger partial charge in [-0.1, -0.05) is 53.9 Å². The van der Waals surface area contributed by atoms with Gasteiger partial charge in [0.05, 0.1) is 17.7 Å². The summed E-state index contributed by atoms with van der Waals surface area (Å²) in [5, 5.41) is 3.65. The molecule has 0 aliphatic heterocycles. The minimum absolute atomic E-state index is 0.0292. The van der Waals surface area contributed by atoms with Crippen LogP contribution in [0.4, 0.5) is 5.69 Å². The second-order valence-corrected chi connectivity index (χ2v) is 12.5. The SMILES string of the molecule is CC[C@H](C)NC(=O)[C@@H](C)N(Cc1ccc(Cl)cc1Cl)C(=O)CN(c1ccc(OC)cc1)S(=O)(=O)c1ccc(C)cc1. The van der Waals surface area contributed by atoms with E-state index in [1.807, 2.05) is 20.8 Å². The summed E-state index contributed by atoms with van der Waals surface area (Å²) in [5.41, 5.74) is 1.72. The first kappa shape index (κ1) is 32.2. The lowest BCUT2D eigenvalue weighted by Gasteiger charge is -2.32. The first-order valence-electron chi connectivity index (χ1n) is 13.1. The Balaban J connectivity index is 2.05. The van der Waals surface area contributed by atoms with Gasteiger partial charge in [0, 0.05) is 22.6 Å². The van der Waals surface area contributed by atoms with Crippen LogP contribution in [0.2, 0.25) is 10.0 Å². The van der Waals surface area contributed by atoms with E-state index in [0.717, 1.165) is 9.87 Å². The molecule has 220 valence electrons. The van der Waals surface area contributed by atoms with Crippen molar-refractivity contribution in [3.05, 3.63) is 87.9 Å². The van der Waals surface area contributed by atoms with Gasteiger partial charge in [-0.3, -0.25) is 13.9 Å².